The maximum atomic E-state index is 10.5. The van der Waals surface area contributed by atoms with Crippen molar-refractivity contribution >= 4 is 0 Å². The van der Waals surface area contributed by atoms with E-state index in [1.54, 1.807) is 7.11 Å². The van der Waals surface area contributed by atoms with Gasteiger partial charge in [0.05, 0.1) is 13.2 Å². The molecule has 0 amide bonds. The third-order valence-electron chi connectivity index (χ3n) is 3.69. The Hall–Kier alpha value is -1.06. The van der Waals surface area contributed by atoms with Crippen LogP contribution < -0.4 is 10.1 Å². The Balaban J connectivity index is 2.50. The normalized spacial score (nSPS) is 14.0. The lowest BCUT2D eigenvalue weighted by Crippen LogP contribution is -2.35. The van der Waals surface area contributed by atoms with Crippen molar-refractivity contribution in [1.82, 2.24) is 5.32 Å². The molecule has 0 aliphatic heterocycles. The Morgan fingerprint density at radius 2 is 2.00 bits per heavy atom. The fourth-order valence-corrected chi connectivity index (χ4v) is 2.38. The molecule has 1 aromatic carbocycles. The average Bonchev–Trinajstić information content (AvgIpc) is 2.50. The number of ether oxygens (including phenoxy) is 1. The minimum Gasteiger partial charge on any atom is -0.497 e. The minimum atomic E-state index is -0.485. The van der Waals surface area contributed by atoms with E-state index in [2.05, 4.69) is 19.2 Å². The fraction of sp³-hybridized carbons (Fsp3) is 0.647. The molecule has 0 spiro atoms. The SMILES string of the molecule is CCCCCCNC(CC)C(O)c1cccc(OC)c1. The van der Waals surface area contributed by atoms with E-state index >= 15 is 0 Å². The summed E-state index contributed by atoms with van der Waals surface area (Å²) in [4.78, 5) is 0. The van der Waals surface area contributed by atoms with Gasteiger partial charge in [0, 0.05) is 6.04 Å². The number of rotatable bonds is 10. The van der Waals surface area contributed by atoms with Gasteiger partial charge in [-0.2, -0.15) is 0 Å². The van der Waals surface area contributed by atoms with Crippen LogP contribution in [-0.2, 0) is 0 Å². The molecule has 0 aliphatic carbocycles. The van der Waals surface area contributed by atoms with E-state index in [4.69, 9.17) is 4.74 Å². The summed E-state index contributed by atoms with van der Waals surface area (Å²) >= 11 is 0. The smallest absolute Gasteiger partial charge is 0.119 e. The summed E-state index contributed by atoms with van der Waals surface area (Å²) < 4.78 is 5.21. The lowest BCUT2D eigenvalue weighted by Gasteiger charge is -2.23. The van der Waals surface area contributed by atoms with Gasteiger partial charge in [0.2, 0.25) is 0 Å². The number of hydrogen-bond donors (Lipinski definition) is 2. The van der Waals surface area contributed by atoms with Crippen LogP contribution in [0, 0.1) is 0 Å². The molecular formula is C17H29NO2. The van der Waals surface area contributed by atoms with Gasteiger partial charge in [-0.1, -0.05) is 45.2 Å². The number of hydrogen-bond acceptors (Lipinski definition) is 3. The molecule has 114 valence electrons. The minimum absolute atomic E-state index is 0.101. The van der Waals surface area contributed by atoms with E-state index in [0.29, 0.717) is 0 Å². The summed E-state index contributed by atoms with van der Waals surface area (Å²) in [7, 11) is 1.65. The van der Waals surface area contributed by atoms with Crippen LogP contribution >= 0.6 is 0 Å². The van der Waals surface area contributed by atoms with Gasteiger partial charge in [0.25, 0.3) is 0 Å². The van der Waals surface area contributed by atoms with Crippen molar-refractivity contribution < 1.29 is 9.84 Å². The molecule has 1 rings (SSSR count). The summed E-state index contributed by atoms with van der Waals surface area (Å²) in [6.07, 6.45) is 5.40. The summed E-state index contributed by atoms with van der Waals surface area (Å²) in [6, 6.07) is 7.78. The van der Waals surface area contributed by atoms with Crippen LogP contribution in [0.4, 0.5) is 0 Å². The Morgan fingerprint density at radius 1 is 1.20 bits per heavy atom. The highest BCUT2D eigenvalue weighted by Gasteiger charge is 2.18. The van der Waals surface area contributed by atoms with Crippen LogP contribution in [0.3, 0.4) is 0 Å². The van der Waals surface area contributed by atoms with Crippen LogP contribution in [0.5, 0.6) is 5.75 Å². The number of benzene rings is 1. The molecule has 3 heteroatoms. The standard InChI is InChI=1S/C17H29NO2/c1-4-6-7-8-12-18-16(5-2)17(19)14-10-9-11-15(13-14)20-3/h9-11,13,16-19H,4-8,12H2,1-3H3. The second-order valence-electron chi connectivity index (χ2n) is 5.25. The molecule has 0 heterocycles. The summed E-state index contributed by atoms with van der Waals surface area (Å²) in [5.41, 5.74) is 0.914. The van der Waals surface area contributed by atoms with Gasteiger partial charge in [0.1, 0.15) is 5.75 Å². The van der Waals surface area contributed by atoms with Gasteiger partial charge in [-0.15, -0.1) is 0 Å². The Bertz CT molecular complexity index is 368. The van der Waals surface area contributed by atoms with Crippen molar-refractivity contribution in [3.8, 4) is 5.75 Å². The molecule has 2 atom stereocenters. The van der Waals surface area contributed by atoms with E-state index in [1.807, 2.05) is 24.3 Å². The van der Waals surface area contributed by atoms with Crippen molar-refractivity contribution in [2.45, 2.75) is 58.1 Å². The Labute approximate surface area is 123 Å². The number of aliphatic hydroxyl groups excluding tert-OH is 1. The van der Waals surface area contributed by atoms with Gasteiger partial charge in [-0.3, -0.25) is 0 Å². The zero-order valence-electron chi connectivity index (χ0n) is 13.1. The van der Waals surface area contributed by atoms with E-state index < -0.39 is 6.10 Å². The molecule has 0 saturated carbocycles. The van der Waals surface area contributed by atoms with Gasteiger partial charge in [-0.25, -0.2) is 0 Å². The quantitative estimate of drug-likeness (QED) is 0.642. The van der Waals surface area contributed by atoms with E-state index in [0.717, 1.165) is 24.3 Å². The predicted octanol–water partition coefficient (Wildman–Crippen LogP) is 3.68. The van der Waals surface area contributed by atoms with Crippen LogP contribution in [0.2, 0.25) is 0 Å². The lowest BCUT2D eigenvalue weighted by molar-refractivity contribution is 0.125. The lowest BCUT2D eigenvalue weighted by atomic mass is 10.00. The average molecular weight is 279 g/mol. The zero-order valence-corrected chi connectivity index (χ0v) is 13.1. The highest BCUT2D eigenvalue weighted by atomic mass is 16.5. The number of nitrogens with one attached hydrogen (secondary N) is 1. The van der Waals surface area contributed by atoms with E-state index in [1.165, 1.54) is 25.7 Å². The first-order valence-electron chi connectivity index (χ1n) is 7.78. The first-order valence-corrected chi connectivity index (χ1v) is 7.78. The number of methoxy groups -OCH3 is 1. The van der Waals surface area contributed by atoms with Gasteiger partial charge in [-0.05, 0) is 37.1 Å². The molecule has 3 nitrogen and oxygen atoms in total. The van der Waals surface area contributed by atoms with Crippen molar-refractivity contribution in [3.05, 3.63) is 29.8 Å². The molecule has 0 bridgehead atoms. The van der Waals surface area contributed by atoms with Crippen molar-refractivity contribution in [3.63, 3.8) is 0 Å². The molecule has 0 radical (unpaired) electrons. The van der Waals surface area contributed by atoms with Crippen molar-refractivity contribution in [2.75, 3.05) is 13.7 Å². The zero-order chi connectivity index (χ0) is 14.8. The molecule has 0 saturated heterocycles. The Morgan fingerprint density at radius 3 is 2.65 bits per heavy atom. The molecule has 2 unspecified atom stereocenters. The van der Waals surface area contributed by atoms with Crippen LogP contribution in [0.1, 0.15) is 57.6 Å². The molecule has 0 aromatic heterocycles. The summed E-state index contributed by atoms with van der Waals surface area (Å²) in [5.74, 6) is 0.791. The number of unbranched alkanes of at least 4 members (excludes halogenated alkanes) is 3. The highest BCUT2D eigenvalue weighted by molar-refractivity contribution is 5.30. The first-order chi connectivity index (χ1) is 9.72. The molecule has 20 heavy (non-hydrogen) atoms. The van der Waals surface area contributed by atoms with Crippen LogP contribution in [-0.4, -0.2) is 24.8 Å². The van der Waals surface area contributed by atoms with Crippen molar-refractivity contribution in [2.24, 2.45) is 0 Å². The second-order valence-corrected chi connectivity index (χ2v) is 5.25. The topological polar surface area (TPSA) is 41.5 Å². The molecule has 0 fully saturated rings. The van der Waals surface area contributed by atoms with E-state index in [9.17, 15) is 5.11 Å². The van der Waals surface area contributed by atoms with Gasteiger partial charge in [0.15, 0.2) is 0 Å². The third kappa shape index (κ3) is 5.51. The van der Waals surface area contributed by atoms with Crippen LogP contribution in [0.25, 0.3) is 0 Å². The fourth-order valence-electron chi connectivity index (χ4n) is 2.38. The van der Waals surface area contributed by atoms with E-state index in [-0.39, 0.29) is 6.04 Å². The maximum absolute atomic E-state index is 10.5. The van der Waals surface area contributed by atoms with Gasteiger partial charge < -0.3 is 15.2 Å². The highest BCUT2D eigenvalue weighted by Crippen LogP contribution is 2.23. The first kappa shape index (κ1) is 17.0. The third-order valence-corrected chi connectivity index (χ3v) is 3.69. The summed E-state index contributed by atoms with van der Waals surface area (Å²) in [6.45, 7) is 5.29. The largest absolute Gasteiger partial charge is 0.497 e. The maximum Gasteiger partial charge on any atom is 0.119 e. The molecule has 2 N–H and O–H groups in total. The summed E-state index contributed by atoms with van der Waals surface area (Å²) in [5, 5.41) is 14.0. The van der Waals surface area contributed by atoms with Crippen molar-refractivity contribution in [1.29, 1.82) is 0 Å². The molecule has 0 aliphatic rings. The van der Waals surface area contributed by atoms with Gasteiger partial charge >= 0.3 is 0 Å². The molecular weight excluding hydrogens is 250 g/mol. The second kappa shape index (κ2) is 9.78. The molecule has 1 aromatic rings. The number of aliphatic hydroxyl groups is 1. The van der Waals surface area contributed by atoms with Crippen LogP contribution in [0.15, 0.2) is 24.3 Å². The monoisotopic (exact) mass is 279 g/mol. The predicted molar refractivity (Wildman–Crippen MR) is 84.2 cm³/mol. The Kier molecular flexibility index (Phi) is 8.31.